The molecule has 140 valence electrons. The molecule has 0 atom stereocenters. The van der Waals surface area contributed by atoms with E-state index in [2.05, 4.69) is 15.5 Å². The number of carbonyl (C=O) groups is 1. The molecule has 5 rings (SSSR count). The van der Waals surface area contributed by atoms with Crippen LogP contribution in [0.5, 0.6) is 0 Å². The summed E-state index contributed by atoms with van der Waals surface area (Å²) in [5, 5.41) is 14.2. The fourth-order valence-corrected chi connectivity index (χ4v) is 3.96. The molecule has 2 N–H and O–H groups in total. The summed E-state index contributed by atoms with van der Waals surface area (Å²) in [4.78, 5) is 25.7. The molecule has 1 fully saturated rings. The van der Waals surface area contributed by atoms with Crippen molar-refractivity contribution in [2.45, 2.75) is 25.2 Å². The SMILES string of the molecule is O=C(Cc1c(-c2ccsc2)oc2ccccc2c1=O)Nc1cc(C2CC2)[nH]n1. The Morgan fingerprint density at radius 2 is 2.14 bits per heavy atom. The van der Waals surface area contributed by atoms with Gasteiger partial charge in [-0.05, 0) is 36.4 Å². The minimum atomic E-state index is -0.298. The second-order valence-electron chi connectivity index (χ2n) is 6.95. The molecule has 0 radical (unpaired) electrons. The number of aromatic amines is 1. The molecule has 1 aliphatic carbocycles. The van der Waals surface area contributed by atoms with E-state index in [4.69, 9.17) is 4.42 Å². The van der Waals surface area contributed by atoms with Gasteiger partial charge in [0.05, 0.1) is 17.4 Å². The summed E-state index contributed by atoms with van der Waals surface area (Å²) < 4.78 is 6.02. The number of carbonyl (C=O) groups excluding carboxylic acids is 1. The summed E-state index contributed by atoms with van der Waals surface area (Å²) in [7, 11) is 0. The Kier molecular flexibility index (Phi) is 4.09. The number of nitrogens with one attached hydrogen (secondary N) is 2. The number of anilines is 1. The normalized spacial score (nSPS) is 13.7. The number of fused-ring (bicyclic) bond motifs is 1. The number of aromatic nitrogens is 2. The molecule has 0 spiro atoms. The van der Waals surface area contributed by atoms with Crippen LogP contribution in [-0.2, 0) is 11.2 Å². The second kappa shape index (κ2) is 6.76. The van der Waals surface area contributed by atoms with Crippen molar-refractivity contribution < 1.29 is 9.21 Å². The van der Waals surface area contributed by atoms with Crippen molar-refractivity contribution in [2.24, 2.45) is 0 Å². The van der Waals surface area contributed by atoms with Crippen molar-refractivity contribution in [3.63, 3.8) is 0 Å². The Morgan fingerprint density at radius 1 is 1.29 bits per heavy atom. The highest BCUT2D eigenvalue weighted by atomic mass is 32.1. The van der Waals surface area contributed by atoms with Crippen molar-refractivity contribution in [3.05, 3.63) is 68.6 Å². The molecule has 4 aromatic rings. The van der Waals surface area contributed by atoms with Gasteiger partial charge in [-0.1, -0.05) is 12.1 Å². The van der Waals surface area contributed by atoms with Gasteiger partial charge in [0.2, 0.25) is 5.91 Å². The van der Waals surface area contributed by atoms with Gasteiger partial charge in [-0.2, -0.15) is 16.4 Å². The standard InChI is InChI=1S/C21H17N3O3S/c25-19(22-18-10-16(23-24-18)12-5-6-12)9-15-20(26)14-3-1-2-4-17(14)27-21(15)13-7-8-28-11-13/h1-4,7-8,10-12H,5-6,9H2,(H2,22,23,24,25). The van der Waals surface area contributed by atoms with E-state index in [9.17, 15) is 9.59 Å². The molecular weight excluding hydrogens is 374 g/mol. The van der Waals surface area contributed by atoms with E-state index in [1.54, 1.807) is 18.2 Å². The summed E-state index contributed by atoms with van der Waals surface area (Å²) >= 11 is 1.51. The van der Waals surface area contributed by atoms with Crippen molar-refractivity contribution in [2.75, 3.05) is 5.32 Å². The van der Waals surface area contributed by atoms with E-state index >= 15 is 0 Å². The Balaban J connectivity index is 1.49. The third-order valence-electron chi connectivity index (χ3n) is 4.89. The van der Waals surface area contributed by atoms with Gasteiger partial charge < -0.3 is 9.73 Å². The number of hydrogen-bond acceptors (Lipinski definition) is 5. The summed E-state index contributed by atoms with van der Waals surface area (Å²) in [5.74, 6) is 1.15. The minimum absolute atomic E-state index is 0.0794. The molecule has 6 nitrogen and oxygen atoms in total. The average Bonchev–Trinajstić information content (AvgIpc) is 3.20. The molecule has 3 aromatic heterocycles. The number of nitrogens with zero attached hydrogens (tertiary/aromatic N) is 1. The molecule has 0 aliphatic heterocycles. The zero-order chi connectivity index (χ0) is 19.1. The van der Waals surface area contributed by atoms with Crippen LogP contribution in [0.15, 0.2) is 56.4 Å². The number of hydrogen-bond donors (Lipinski definition) is 2. The molecule has 1 aromatic carbocycles. The van der Waals surface area contributed by atoms with Crippen molar-refractivity contribution in [3.8, 4) is 11.3 Å². The van der Waals surface area contributed by atoms with Gasteiger partial charge in [-0.3, -0.25) is 14.7 Å². The molecule has 1 aliphatic rings. The quantitative estimate of drug-likeness (QED) is 0.531. The zero-order valence-corrected chi connectivity index (χ0v) is 15.7. The molecular formula is C21H17N3O3S. The smallest absolute Gasteiger partial charge is 0.230 e. The molecule has 1 amide bonds. The molecule has 7 heteroatoms. The number of benzene rings is 1. The maximum atomic E-state index is 13.1. The highest BCUT2D eigenvalue weighted by Gasteiger charge is 2.26. The lowest BCUT2D eigenvalue weighted by Crippen LogP contribution is -2.21. The topological polar surface area (TPSA) is 88.0 Å². The minimum Gasteiger partial charge on any atom is -0.455 e. The van der Waals surface area contributed by atoms with E-state index in [0.717, 1.165) is 24.1 Å². The Hall–Kier alpha value is -3.19. The number of amides is 1. The van der Waals surface area contributed by atoms with Crippen LogP contribution in [0, 0.1) is 0 Å². The van der Waals surface area contributed by atoms with E-state index in [0.29, 0.717) is 34.0 Å². The number of H-pyrrole nitrogens is 1. The summed E-state index contributed by atoms with van der Waals surface area (Å²) in [6.07, 6.45) is 2.22. The highest BCUT2D eigenvalue weighted by Crippen LogP contribution is 2.39. The summed E-state index contributed by atoms with van der Waals surface area (Å²) in [6, 6.07) is 10.8. The first kappa shape index (κ1) is 16.9. The van der Waals surface area contributed by atoms with Crippen LogP contribution in [0.4, 0.5) is 5.82 Å². The van der Waals surface area contributed by atoms with Crippen LogP contribution in [0.2, 0.25) is 0 Å². The van der Waals surface area contributed by atoms with Gasteiger partial charge in [0.15, 0.2) is 11.2 Å². The van der Waals surface area contributed by atoms with Gasteiger partial charge in [0.25, 0.3) is 0 Å². The predicted octanol–water partition coefficient (Wildman–Crippen LogP) is 4.30. The van der Waals surface area contributed by atoms with Crippen LogP contribution >= 0.6 is 11.3 Å². The summed E-state index contributed by atoms with van der Waals surface area (Å²) in [5.41, 5.74) is 2.52. The second-order valence-corrected chi connectivity index (χ2v) is 7.73. The Morgan fingerprint density at radius 3 is 2.93 bits per heavy atom. The van der Waals surface area contributed by atoms with Crippen LogP contribution < -0.4 is 10.7 Å². The Bertz CT molecular complexity index is 1220. The maximum Gasteiger partial charge on any atom is 0.230 e. The van der Waals surface area contributed by atoms with Gasteiger partial charge in [-0.25, -0.2) is 0 Å². The lowest BCUT2D eigenvalue weighted by molar-refractivity contribution is -0.115. The van der Waals surface area contributed by atoms with E-state index < -0.39 is 0 Å². The summed E-state index contributed by atoms with van der Waals surface area (Å²) in [6.45, 7) is 0. The van der Waals surface area contributed by atoms with Crippen molar-refractivity contribution >= 4 is 34.0 Å². The van der Waals surface area contributed by atoms with Crippen LogP contribution in [-0.4, -0.2) is 16.1 Å². The van der Waals surface area contributed by atoms with Gasteiger partial charge in [0, 0.05) is 28.6 Å². The van der Waals surface area contributed by atoms with Crippen molar-refractivity contribution in [1.82, 2.24) is 10.2 Å². The number of para-hydroxylation sites is 1. The molecule has 1 saturated carbocycles. The maximum absolute atomic E-state index is 13.1. The highest BCUT2D eigenvalue weighted by molar-refractivity contribution is 7.08. The largest absolute Gasteiger partial charge is 0.455 e. The molecule has 0 saturated heterocycles. The van der Waals surface area contributed by atoms with Crippen molar-refractivity contribution in [1.29, 1.82) is 0 Å². The Labute approximate surface area is 164 Å². The van der Waals surface area contributed by atoms with Crippen LogP contribution in [0.3, 0.4) is 0 Å². The molecule has 3 heterocycles. The van der Waals surface area contributed by atoms with Crippen LogP contribution in [0.1, 0.15) is 30.0 Å². The van der Waals surface area contributed by atoms with E-state index in [1.165, 1.54) is 11.3 Å². The third kappa shape index (κ3) is 3.14. The first-order valence-corrected chi connectivity index (χ1v) is 10.1. The number of rotatable bonds is 5. The fourth-order valence-electron chi connectivity index (χ4n) is 3.32. The van der Waals surface area contributed by atoms with E-state index in [1.807, 2.05) is 29.0 Å². The molecule has 0 unspecified atom stereocenters. The zero-order valence-electron chi connectivity index (χ0n) is 14.9. The monoisotopic (exact) mass is 391 g/mol. The fraction of sp³-hybridized carbons (Fsp3) is 0.190. The molecule has 28 heavy (non-hydrogen) atoms. The third-order valence-corrected chi connectivity index (χ3v) is 5.58. The lowest BCUT2D eigenvalue weighted by Gasteiger charge is -2.09. The van der Waals surface area contributed by atoms with Crippen LogP contribution in [0.25, 0.3) is 22.3 Å². The number of thiophene rings is 1. The van der Waals surface area contributed by atoms with Gasteiger partial charge in [0.1, 0.15) is 11.3 Å². The average molecular weight is 391 g/mol. The first-order valence-electron chi connectivity index (χ1n) is 9.11. The van der Waals surface area contributed by atoms with Gasteiger partial charge in [-0.15, -0.1) is 0 Å². The molecule has 0 bridgehead atoms. The first-order chi connectivity index (χ1) is 13.7. The van der Waals surface area contributed by atoms with Gasteiger partial charge >= 0.3 is 0 Å². The van der Waals surface area contributed by atoms with E-state index in [-0.39, 0.29) is 17.8 Å². The lowest BCUT2D eigenvalue weighted by atomic mass is 10.0. The predicted molar refractivity (Wildman–Crippen MR) is 109 cm³/mol.